The van der Waals surface area contributed by atoms with E-state index >= 15 is 52.7 Å². The zero-order chi connectivity index (χ0) is 46.0. The van der Waals surface area contributed by atoms with E-state index in [0.717, 1.165) is 35.0 Å². The first kappa shape index (κ1) is 45.4. The second kappa shape index (κ2) is 14.2. The molecule has 2 aliphatic rings. The van der Waals surface area contributed by atoms with E-state index < -0.39 is 82.4 Å². The molecule has 0 saturated heterocycles. The average molecular weight is 901 g/mol. The van der Waals surface area contributed by atoms with Crippen LogP contribution in [0.1, 0.15) is 112 Å². The van der Waals surface area contributed by atoms with Crippen molar-refractivity contribution >= 4 is 23.5 Å². The average Bonchev–Trinajstić information content (AvgIpc) is 3.82. The number of hydrogen-bond acceptors (Lipinski definition) is 2. The molecule has 0 bridgehead atoms. The predicted octanol–water partition coefficient (Wildman–Crippen LogP) is 11.4. The number of nitrogens with zero attached hydrogens (tertiary/aromatic N) is 2. The molecule has 5 aromatic rings. The van der Waals surface area contributed by atoms with E-state index in [4.69, 9.17) is 8.85 Å². The minimum absolute atomic E-state index is 0.111. The molecule has 1 spiro atoms. The van der Waals surface area contributed by atoms with Crippen LogP contribution >= 0.6 is 0 Å². The molecule has 3 heterocycles. The third-order valence-electron chi connectivity index (χ3n) is 12.3. The van der Waals surface area contributed by atoms with Crippen LogP contribution < -0.4 is 20.3 Å². The molecule has 2 aliphatic heterocycles. The first-order valence-corrected chi connectivity index (χ1v) is 22.3. The molecule has 0 aliphatic carbocycles. The van der Waals surface area contributed by atoms with Gasteiger partial charge in [-0.1, -0.05) is 0 Å². The van der Waals surface area contributed by atoms with Crippen molar-refractivity contribution in [3.63, 3.8) is 0 Å². The van der Waals surface area contributed by atoms with E-state index in [2.05, 4.69) is 0 Å². The first-order valence-electron chi connectivity index (χ1n) is 20.0. The Hall–Kier alpha value is -4.61. The van der Waals surface area contributed by atoms with Gasteiger partial charge in [-0.2, -0.15) is 0 Å². The summed E-state index contributed by atoms with van der Waals surface area (Å²) in [4.78, 5) is 0. The molecule has 0 fully saturated rings. The predicted molar refractivity (Wildman–Crippen MR) is 211 cm³/mol. The van der Waals surface area contributed by atoms with E-state index in [0.29, 0.717) is 52.2 Å². The van der Waals surface area contributed by atoms with Gasteiger partial charge in [-0.25, -0.2) is 0 Å². The number of benzene rings is 4. The third-order valence-corrected chi connectivity index (χ3v) is 17.8. The molecule has 17 heteroatoms. The van der Waals surface area contributed by atoms with Crippen molar-refractivity contribution < 1.29 is 66.1 Å². The second-order valence-corrected chi connectivity index (χ2v) is 21.5. The van der Waals surface area contributed by atoms with Crippen LogP contribution in [0.4, 0.5) is 52.7 Å². The van der Waals surface area contributed by atoms with Gasteiger partial charge in [-0.05, 0) is 0 Å². The van der Waals surface area contributed by atoms with E-state index in [1.54, 1.807) is 64.1 Å². The SMILES string of the molecule is CC(C)c1cccc(C(C)C)c1-n1c[n+](-c2c(C(C)C)cccc2C(C)C)cc1[Si-]12(OC(C(F)(F)F)(C(F)(F)F)c3ccccc31)OC(C(F)(F)F)(C(F)(F)F)c1ccccc12. The molecular weight excluding hydrogens is 857 g/mol. The van der Waals surface area contributed by atoms with Crippen LogP contribution in [0.3, 0.4) is 0 Å². The molecule has 334 valence electrons. The summed E-state index contributed by atoms with van der Waals surface area (Å²) >= 11 is 0. The number of rotatable bonds is 7. The molecule has 4 aromatic carbocycles. The fourth-order valence-corrected chi connectivity index (χ4v) is 16.3. The summed E-state index contributed by atoms with van der Waals surface area (Å²) in [5, 5.41) is -3.35. The van der Waals surface area contributed by atoms with Gasteiger partial charge in [0.1, 0.15) is 0 Å². The third kappa shape index (κ3) is 5.85. The summed E-state index contributed by atoms with van der Waals surface area (Å²) in [5.41, 5.74) is -11.9. The molecule has 1 aromatic heterocycles. The van der Waals surface area contributed by atoms with Gasteiger partial charge in [0.15, 0.2) is 0 Å². The molecule has 0 amide bonds. The number of hydrogen-bond donors (Lipinski definition) is 0. The summed E-state index contributed by atoms with van der Waals surface area (Å²) in [6.45, 7) is 14.3. The van der Waals surface area contributed by atoms with E-state index in [1.807, 2.05) is 27.7 Å². The maximum absolute atomic E-state index is 15.9. The quantitative estimate of drug-likeness (QED) is 0.0925. The van der Waals surface area contributed by atoms with Gasteiger partial charge in [-0.3, -0.25) is 0 Å². The molecule has 7 rings (SSSR count). The van der Waals surface area contributed by atoms with Crippen LogP contribution in [-0.4, -0.2) is 37.1 Å². The van der Waals surface area contributed by atoms with Gasteiger partial charge < -0.3 is 0 Å². The standard InChI is InChI=1S/C45H44F12N2O2Si/c1-25(2)29-15-13-16-30(26(3)4)38(29)58-23-37(59(24-58)39-31(27(5)6)17-14-18-32(39)28(7)8)62(35-21-11-9-19-33(35)40(60-62,42(46,47)48)43(49,50)51)36-22-12-10-20-34(36)41(61-62,44(52,53)54)45(55,56)57/h9-28H,1-8H3. The zero-order valence-corrected chi connectivity index (χ0v) is 35.8. The number of alkyl halides is 12. The van der Waals surface area contributed by atoms with Crippen molar-refractivity contribution in [2.75, 3.05) is 0 Å². The van der Waals surface area contributed by atoms with Crippen LogP contribution in [0.25, 0.3) is 11.4 Å². The Kier molecular flexibility index (Phi) is 10.4. The topological polar surface area (TPSA) is 27.3 Å². The zero-order valence-electron chi connectivity index (χ0n) is 34.8. The van der Waals surface area contributed by atoms with Crippen molar-refractivity contribution in [1.29, 1.82) is 0 Å². The number of halogens is 12. The van der Waals surface area contributed by atoms with Crippen LogP contribution in [0.5, 0.6) is 0 Å². The molecular formula is C45H44F12N2O2Si. The van der Waals surface area contributed by atoms with E-state index in [-0.39, 0.29) is 17.5 Å². The minimum atomic E-state index is -7.94. The fourth-order valence-electron chi connectivity index (χ4n) is 9.65. The van der Waals surface area contributed by atoms with Crippen molar-refractivity contribution in [3.05, 3.63) is 131 Å². The maximum atomic E-state index is 15.9. The summed E-state index contributed by atoms with van der Waals surface area (Å²) < 4.78 is 205. The van der Waals surface area contributed by atoms with Crippen LogP contribution in [-0.2, 0) is 20.1 Å². The van der Waals surface area contributed by atoms with Gasteiger partial charge >= 0.3 is 351 Å². The summed E-state index contributed by atoms with van der Waals surface area (Å²) in [7, 11) is -7.94. The van der Waals surface area contributed by atoms with Crippen LogP contribution in [0.15, 0.2) is 97.5 Å². The Labute approximate surface area is 350 Å². The molecule has 0 N–H and O–H groups in total. The Bertz CT molecular complexity index is 2380. The van der Waals surface area contributed by atoms with Gasteiger partial charge in [0.25, 0.3) is 0 Å². The molecule has 4 nitrogen and oxygen atoms in total. The van der Waals surface area contributed by atoms with Gasteiger partial charge in [0, 0.05) is 0 Å². The molecule has 0 saturated carbocycles. The molecule has 0 unspecified atom stereocenters. The second-order valence-electron chi connectivity index (χ2n) is 17.3. The van der Waals surface area contributed by atoms with Crippen molar-refractivity contribution in [2.45, 2.75) is 115 Å². The Morgan fingerprint density at radius 1 is 0.484 bits per heavy atom. The monoisotopic (exact) mass is 900 g/mol. The molecule has 0 atom stereocenters. The number of imidazole rings is 1. The van der Waals surface area contributed by atoms with Gasteiger partial charge in [-0.15, -0.1) is 0 Å². The van der Waals surface area contributed by atoms with Crippen molar-refractivity contribution in [3.8, 4) is 11.4 Å². The van der Waals surface area contributed by atoms with Crippen LogP contribution in [0.2, 0.25) is 0 Å². The first-order chi connectivity index (χ1) is 28.5. The van der Waals surface area contributed by atoms with Crippen molar-refractivity contribution in [2.24, 2.45) is 0 Å². The Morgan fingerprint density at radius 3 is 1.16 bits per heavy atom. The number of aromatic nitrogens is 2. The summed E-state index contributed by atoms with van der Waals surface area (Å²) in [6.07, 6.45) is -23.8. The summed E-state index contributed by atoms with van der Waals surface area (Å²) in [6, 6.07) is 15.7. The van der Waals surface area contributed by atoms with Crippen LogP contribution in [0, 0.1) is 0 Å². The fraction of sp³-hybridized carbons (Fsp3) is 0.400. The van der Waals surface area contributed by atoms with Gasteiger partial charge in [0.2, 0.25) is 0 Å². The Morgan fingerprint density at radius 2 is 0.823 bits per heavy atom. The normalized spacial score (nSPS) is 18.7. The van der Waals surface area contributed by atoms with Crippen molar-refractivity contribution in [1.82, 2.24) is 4.57 Å². The van der Waals surface area contributed by atoms with E-state index in [1.165, 1.54) is 10.9 Å². The Balaban J connectivity index is 1.88. The number of fused-ring (bicyclic) bond motifs is 4. The van der Waals surface area contributed by atoms with Gasteiger partial charge in [0.05, 0.1) is 0 Å². The van der Waals surface area contributed by atoms with E-state index in [9.17, 15) is 0 Å². The molecule has 0 radical (unpaired) electrons. The molecule has 62 heavy (non-hydrogen) atoms. The summed E-state index contributed by atoms with van der Waals surface area (Å²) in [5.74, 6) is -1.50. The number of para-hydroxylation sites is 2.